The molecule has 1 fully saturated rings. The third kappa shape index (κ3) is 5.76. The van der Waals surface area contributed by atoms with E-state index in [4.69, 9.17) is 9.05 Å². The molecule has 1 aliphatic rings. The van der Waals surface area contributed by atoms with Crippen molar-refractivity contribution in [2.24, 2.45) is 5.41 Å². The Hall–Kier alpha value is -3.63. The lowest BCUT2D eigenvalue weighted by Gasteiger charge is -2.27. The highest BCUT2D eigenvalue weighted by atomic mass is 19.3. The predicted molar refractivity (Wildman–Crippen MR) is 131 cm³/mol. The highest BCUT2D eigenvalue weighted by Crippen LogP contribution is 2.50. The summed E-state index contributed by atoms with van der Waals surface area (Å²) in [6, 6.07) is 5.53. The van der Waals surface area contributed by atoms with E-state index in [-0.39, 0.29) is 42.3 Å². The number of rotatable bonds is 10. The average molecular weight is 534 g/mol. The zero-order valence-electron chi connectivity index (χ0n) is 21.6. The Bertz CT molecular complexity index is 1340. The van der Waals surface area contributed by atoms with E-state index in [1.165, 1.54) is 32.9 Å². The SMILES string of the molecule is Cc1ccc(NC(=O)C[C@@H](CCC(=O)O)c2noc(-c3cc(C(F)(F)C(C)(C)C)on3)c2C2CC2)c(F)c1. The van der Waals surface area contributed by atoms with Crippen molar-refractivity contribution in [3.05, 3.63) is 52.7 Å². The number of carboxylic acids is 1. The number of carbonyl (C=O) groups excluding carboxylic acids is 1. The van der Waals surface area contributed by atoms with Crippen LogP contribution in [0.3, 0.4) is 0 Å². The number of carboxylic acid groups (broad SMARTS) is 1. The lowest BCUT2D eigenvalue weighted by molar-refractivity contribution is -0.137. The molecule has 0 radical (unpaired) electrons. The molecule has 0 saturated heterocycles. The second kappa shape index (κ2) is 10.3. The molecule has 3 aromatic rings. The Labute approximate surface area is 217 Å². The number of hydrogen-bond donors (Lipinski definition) is 2. The first-order valence-corrected chi connectivity index (χ1v) is 12.4. The topological polar surface area (TPSA) is 118 Å². The molecule has 1 saturated carbocycles. The summed E-state index contributed by atoms with van der Waals surface area (Å²) in [5, 5.41) is 19.8. The Kier molecular flexibility index (Phi) is 7.40. The Morgan fingerprint density at radius 1 is 1.16 bits per heavy atom. The van der Waals surface area contributed by atoms with Gasteiger partial charge in [-0.1, -0.05) is 37.2 Å². The van der Waals surface area contributed by atoms with E-state index in [0.29, 0.717) is 16.8 Å². The number of aliphatic carboxylic acids is 1. The fraction of sp³-hybridized carbons (Fsp3) is 0.481. The van der Waals surface area contributed by atoms with Crippen LogP contribution in [0.5, 0.6) is 0 Å². The zero-order chi connectivity index (χ0) is 27.8. The first kappa shape index (κ1) is 27.4. The molecule has 204 valence electrons. The van der Waals surface area contributed by atoms with Gasteiger partial charge < -0.3 is 19.5 Å². The van der Waals surface area contributed by atoms with Gasteiger partial charge in [-0.05, 0) is 49.8 Å². The van der Waals surface area contributed by atoms with Crippen LogP contribution in [0, 0.1) is 18.2 Å². The Morgan fingerprint density at radius 3 is 2.47 bits per heavy atom. The van der Waals surface area contributed by atoms with Crippen LogP contribution in [-0.2, 0) is 15.5 Å². The van der Waals surface area contributed by atoms with E-state index in [1.54, 1.807) is 13.0 Å². The van der Waals surface area contributed by atoms with Crippen LogP contribution in [0.25, 0.3) is 11.5 Å². The van der Waals surface area contributed by atoms with Crippen molar-refractivity contribution in [3.8, 4) is 11.5 Å². The summed E-state index contributed by atoms with van der Waals surface area (Å²) in [6.07, 6.45) is 1.22. The molecule has 8 nitrogen and oxygen atoms in total. The summed E-state index contributed by atoms with van der Waals surface area (Å²) >= 11 is 0. The largest absolute Gasteiger partial charge is 0.481 e. The summed E-state index contributed by atoms with van der Waals surface area (Å²) < 4.78 is 54.5. The first-order chi connectivity index (χ1) is 17.8. The smallest absolute Gasteiger partial charge is 0.312 e. The average Bonchev–Trinajstić information content (AvgIpc) is 3.35. The van der Waals surface area contributed by atoms with Gasteiger partial charge in [-0.15, -0.1) is 0 Å². The predicted octanol–water partition coefficient (Wildman–Crippen LogP) is 6.77. The fourth-order valence-corrected chi connectivity index (χ4v) is 4.23. The van der Waals surface area contributed by atoms with Crippen LogP contribution in [0.1, 0.15) is 87.3 Å². The number of hydrogen-bond acceptors (Lipinski definition) is 6. The molecular formula is C27H30F3N3O5. The molecule has 0 aliphatic heterocycles. The van der Waals surface area contributed by atoms with Gasteiger partial charge in [0.05, 0.1) is 11.4 Å². The van der Waals surface area contributed by atoms with Gasteiger partial charge in [0.1, 0.15) is 5.82 Å². The molecule has 1 atom stereocenters. The van der Waals surface area contributed by atoms with Gasteiger partial charge in [-0.2, -0.15) is 8.78 Å². The number of amides is 1. The number of aryl methyl sites for hydroxylation is 1. The fourth-order valence-electron chi connectivity index (χ4n) is 4.23. The molecule has 38 heavy (non-hydrogen) atoms. The lowest BCUT2D eigenvalue weighted by Crippen LogP contribution is -2.30. The number of nitrogens with one attached hydrogen (secondary N) is 1. The Morgan fingerprint density at radius 2 is 1.87 bits per heavy atom. The zero-order valence-corrected chi connectivity index (χ0v) is 21.6. The molecule has 2 N–H and O–H groups in total. The van der Waals surface area contributed by atoms with E-state index >= 15 is 0 Å². The molecule has 1 amide bonds. The molecule has 1 aromatic carbocycles. The lowest BCUT2D eigenvalue weighted by atomic mass is 9.86. The number of alkyl halides is 2. The maximum atomic E-state index is 14.8. The van der Waals surface area contributed by atoms with Crippen LogP contribution < -0.4 is 5.32 Å². The summed E-state index contributed by atoms with van der Waals surface area (Å²) in [5.74, 6) is -6.58. The van der Waals surface area contributed by atoms with Crippen molar-refractivity contribution in [1.82, 2.24) is 10.3 Å². The van der Waals surface area contributed by atoms with E-state index < -0.39 is 40.7 Å². The van der Waals surface area contributed by atoms with Crippen molar-refractivity contribution < 1.29 is 36.9 Å². The standard InChI is InChI=1S/C27H30F3N3O5/c1-14-5-9-18(17(28)11-14)31-21(34)12-16(8-10-22(35)36)24-23(15-6-7-15)25(38-33-24)19-13-20(37-32-19)27(29,30)26(2,3)4/h5,9,11,13,15-16H,6-8,10,12H2,1-4H3,(H,31,34)(H,35,36)/t16-/m1/s1. The van der Waals surface area contributed by atoms with Crippen molar-refractivity contribution in [2.45, 2.75) is 77.6 Å². The third-order valence-electron chi connectivity index (χ3n) is 6.66. The highest BCUT2D eigenvalue weighted by molar-refractivity contribution is 5.91. The quantitative estimate of drug-likeness (QED) is 0.295. The summed E-state index contributed by atoms with van der Waals surface area (Å²) in [6.45, 7) is 5.88. The van der Waals surface area contributed by atoms with Gasteiger partial charge >= 0.3 is 11.9 Å². The minimum absolute atomic E-state index is 0.000501. The van der Waals surface area contributed by atoms with Crippen molar-refractivity contribution in [1.29, 1.82) is 0 Å². The van der Waals surface area contributed by atoms with Gasteiger partial charge in [0, 0.05) is 35.8 Å². The van der Waals surface area contributed by atoms with Crippen LogP contribution >= 0.6 is 0 Å². The monoisotopic (exact) mass is 533 g/mol. The van der Waals surface area contributed by atoms with E-state index in [0.717, 1.165) is 18.9 Å². The van der Waals surface area contributed by atoms with Crippen LogP contribution in [0.15, 0.2) is 33.3 Å². The molecule has 0 bridgehead atoms. The summed E-state index contributed by atoms with van der Waals surface area (Å²) in [5.41, 5.74) is 0.315. The molecule has 0 spiro atoms. The minimum Gasteiger partial charge on any atom is -0.481 e. The highest BCUT2D eigenvalue weighted by Gasteiger charge is 2.49. The summed E-state index contributed by atoms with van der Waals surface area (Å²) in [7, 11) is 0. The van der Waals surface area contributed by atoms with Crippen LogP contribution in [0.2, 0.25) is 0 Å². The molecule has 1 aliphatic carbocycles. The van der Waals surface area contributed by atoms with Gasteiger partial charge in [-0.3, -0.25) is 9.59 Å². The molecule has 2 heterocycles. The van der Waals surface area contributed by atoms with Crippen molar-refractivity contribution >= 4 is 17.6 Å². The molecule has 0 unspecified atom stereocenters. The minimum atomic E-state index is -3.30. The second-order valence-corrected chi connectivity index (χ2v) is 10.9. The molecule has 2 aromatic heterocycles. The van der Waals surface area contributed by atoms with Gasteiger partial charge in [0.2, 0.25) is 11.7 Å². The molecule has 11 heteroatoms. The van der Waals surface area contributed by atoms with E-state index in [2.05, 4.69) is 15.6 Å². The maximum absolute atomic E-state index is 14.8. The van der Waals surface area contributed by atoms with Crippen LogP contribution in [0.4, 0.5) is 18.9 Å². The number of benzene rings is 1. The van der Waals surface area contributed by atoms with E-state index in [9.17, 15) is 27.9 Å². The number of halogens is 3. The number of nitrogens with zero attached hydrogens (tertiary/aromatic N) is 2. The normalized spacial score (nSPS) is 14.9. The second-order valence-electron chi connectivity index (χ2n) is 10.9. The van der Waals surface area contributed by atoms with Gasteiger partial charge in [0.15, 0.2) is 11.5 Å². The van der Waals surface area contributed by atoms with Gasteiger partial charge in [-0.25, -0.2) is 4.39 Å². The van der Waals surface area contributed by atoms with E-state index in [1.807, 2.05) is 0 Å². The number of carbonyl (C=O) groups is 2. The third-order valence-corrected chi connectivity index (χ3v) is 6.66. The van der Waals surface area contributed by atoms with Crippen molar-refractivity contribution in [3.63, 3.8) is 0 Å². The van der Waals surface area contributed by atoms with Gasteiger partial charge in [0.25, 0.3) is 0 Å². The number of anilines is 1. The van der Waals surface area contributed by atoms with Crippen LogP contribution in [-0.4, -0.2) is 27.3 Å². The maximum Gasteiger partial charge on any atom is 0.312 e. The van der Waals surface area contributed by atoms with Crippen molar-refractivity contribution in [2.75, 3.05) is 5.32 Å². The summed E-state index contributed by atoms with van der Waals surface area (Å²) in [4.78, 5) is 24.2. The first-order valence-electron chi connectivity index (χ1n) is 12.4. The molecular weight excluding hydrogens is 503 g/mol. The molecule has 4 rings (SSSR count). The number of aromatic nitrogens is 2. The Balaban J connectivity index is 1.64.